The van der Waals surface area contributed by atoms with Crippen LogP contribution in [0, 0.1) is 31.1 Å². The molecule has 0 radical (unpaired) electrons. The smallest absolute Gasteiger partial charge is 0.0408 e. The highest BCUT2D eigenvalue weighted by molar-refractivity contribution is 5.33. The monoisotopic (exact) mass is 229 g/mol. The minimum absolute atomic E-state index is 0.0183. The minimum Gasteiger partial charge on any atom is -0.323 e. The van der Waals surface area contributed by atoms with E-state index in [2.05, 4.69) is 64.7 Å². The summed E-state index contributed by atoms with van der Waals surface area (Å²) in [5.41, 5.74) is 9.97. The van der Waals surface area contributed by atoms with Gasteiger partial charge in [-0.1, -0.05) is 29.7 Å². The lowest BCUT2D eigenvalue weighted by Crippen LogP contribution is -2.11. The Hall–Kier alpha value is -1.26. The lowest BCUT2D eigenvalue weighted by atomic mass is 9.95. The Kier molecular flexibility index (Phi) is 4.37. The van der Waals surface area contributed by atoms with Crippen LogP contribution in [0.15, 0.2) is 18.2 Å². The Labute approximate surface area is 105 Å². The van der Waals surface area contributed by atoms with Gasteiger partial charge in [0.25, 0.3) is 0 Å². The number of rotatable bonds is 2. The van der Waals surface area contributed by atoms with Gasteiger partial charge in [-0.3, -0.25) is 0 Å². The van der Waals surface area contributed by atoms with E-state index in [9.17, 15) is 0 Å². The second kappa shape index (κ2) is 5.38. The van der Waals surface area contributed by atoms with Crippen molar-refractivity contribution in [2.75, 3.05) is 0 Å². The Bertz CT molecular complexity index is 441. The standard InChI is InChI=1S/C16H23N/c1-12-8-9-13(2)14(11-12)15(17)7-6-10-16(3,4)5/h8-9,11,15H,7,17H2,1-5H3. The molecule has 1 aromatic carbocycles. The molecule has 0 aliphatic carbocycles. The van der Waals surface area contributed by atoms with Crippen molar-refractivity contribution in [3.05, 3.63) is 34.9 Å². The molecule has 0 amide bonds. The third-order valence-corrected chi connectivity index (χ3v) is 2.62. The predicted molar refractivity (Wildman–Crippen MR) is 74.7 cm³/mol. The van der Waals surface area contributed by atoms with Gasteiger partial charge in [-0.05, 0) is 45.7 Å². The summed E-state index contributed by atoms with van der Waals surface area (Å²) < 4.78 is 0. The summed E-state index contributed by atoms with van der Waals surface area (Å²) in [4.78, 5) is 0. The molecule has 1 heteroatoms. The van der Waals surface area contributed by atoms with Gasteiger partial charge in [0.15, 0.2) is 0 Å². The van der Waals surface area contributed by atoms with Crippen molar-refractivity contribution in [3.8, 4) is 11.8 Å². The fourth-order valence-corrected chi connectivity index (χ4v) is 1.70. The van der Waals surface area contributed by atoms with Crippen molar-refractivity contribution in [1.82, 2.24) is 0 Å². The van der Waals surface area contributed by atoms with Crippen LogP contribution < -0.4 is 5.73 Å². The maximum absolute atomic E-state index is 6.19. The van der Waals surface area contributed by atoms with E-state index < -0.39 is 0 Å². The van der Waals surface area contributed by atoms with Gasteiger partial charge in [-0.15, -0.1) is 5.92 Å². The molecular formula is C16H23N. The molecule has 0 aromatic heterocycles. The molecule has 17 heavy (non-hydrogen) atoms. The molecule has 0 bridgehead atoms. The number of nitrogens with two attached hydrogens (primary N) is 1. The van der Waals surface area contributed by atoms with Gasteiger partial charge >= 0.3 is 0 Å². The van der Waals surface area contributed by atoms with Gasteiger partial charge in [0, 0.05) is 17.9 Å². The average Bonchev–Trinajstić information content (AvgIpc) is 2.19. The van der Waals surface area contributed by atoms with E-state index in [1.807, 2.05) is 0 Å². The fraction of sp³-hybridized carbons (Fsp3) is 0.500. The van der Waals surface area contributed by atoms with Gasteiger partial charge in [-0.25, -0.2) is 0 Å². The van der Waals surface area contributed by atoms with E-state index in [0.29, 0.717) is 0 Å². The molecule has 1 nitrogen and oxygen atoms in total. The van der Waals surface area contributed by atoms with E-state index in [4.69, 9.17) is 5.73 Å². The van der Waals surface area contributed by atoms with Crippen LogP contribution in [0.2, 0.25) is 0 Å². The van der Waals surface area contributed by atoms with Gasteiger partial charge in [0.1, 0.15) is 0 Å². The molecule has 1 rings (SSSR count). The molecule has 0 fully saturated rings. The van der Waals surface area contributed by atoms with E-state index >= 15 is 0 Å². The third kappa shape index (κ3) is 4.63. The lowest BCUT2D eigenvalue weighted by molar-refractivity contribution is 0.569. The number of hydrogen-bond donors (Lipinski definition) is 1. The van der Waals surface area contributed by atoms with Gasteiger partial charge < -0.3 is 5.73 Å². The summed E-state index contributed by atoms with van der Waals surface area (Å²) in [6.07, 6.45) is 0.724. The van der Waals surface area contributed by atoms with Crippen LogP contribution in [0.1, 0.15) is 49.9 Å². The van der Waals surface area contributed by atoms with Crippen LogP contribution >= 0.6 is 0 Å². The molecular weight excluding hydrogens is 206 g/mol. The molecule has 1 aromatic rings. The minimum atomic E-state index is 0.0183. The first-order valence-electron chi connectivity index (χ1n) is 6.12. The molecule has 0 saturated carbocycles. The van der Waals surface area contributed by atoms with E-state index in [-0.39, 0.29) is 11.5 Å². The molecule has 0 spiro atoms. The maximum Gasteiger partial charge on any atom is 0.0408 e. The first-order chi connectivity index (χ1) is 7.79. The van der Waals surface area contributed by atoms with Gasteiger partial charge in [-0.2, -0.15) is 0 Å². The van der Waals surface area contributed by atoms with Crippen LogP contribution in [0.3, 0.4) is 0 Å². The van der Waals surface area contributed by atoms with Crippen molar-refractivity contribution < 1.29 is 0 Å². The molecule has 0 heterocycles. The topological polar surface area (TPSA) is 26.0 Å². The quantitative estimate of drug-likeness (QED) is 0.768. The first kappa shape index (κ1) is 13.8. The van der Waals surface area contributed by atoms with Crippen molar-refractivity contribution in [2.45, 2.75) is 47.1 Å². The SMILES string of the molecule is Cc1ccc(C)c(C(N)CC#CC(C)(C)C)c1. The molecule has 1 atom stereocenters. The third-order valence-electron chi connectivity index (χ3n) is 2.62. The predicted octanol–water partition coefficient (Wildman–Crippen LogP) is 3.74. The highest BCUT2D eigenvalue weighted by atomic mass is 14.6. The second-order valence-electron chi connectivity index (χ2n) is 5.72. The van der Waals surface area contributed by atoms with Crippen LogP contribution in [-0.2, 0) is 0 Å². The number of aryl methyl sites for hydroxylation is 2. The lowest BCUT2D eigenvalue weighted by Gasteiger charge is -2.13. The Morgan fingerprint density at radius 2 is 1.88 bits per heavy atom. The Morgan fingerprint density at radius 1 is 1.24 bits per heavy atom. The maximum atomic E-state index is 6.19. The zero-order valence-corrected chi connectivity index (χ0v) is 11.6. The Balaban J connectivity index is 2.79. The highest BCUT2D eigenvalue weighted by Crippen LogP contribution is 2.20. The van der Waals surface area contributed by atoms with Crippen molar-refractivity contribution in [1.29, 1.82) is 0 Å². The van der Waals surface area contributed by atoms with Crippen molar-refractivity contribution in [3.63, 3.8) is 0 Å². The largest absolute Gasteiger partial charge is 0.323 e. The summed E-state index contributed by atoms with van der Waals surface area (Å²) in [6, 6.07) is 6.43. The molecule has 0 saturated heterocycles. The van der Waals surface area contributed by atoms with Crippen LogP contribution in [-0.4, -0.2) is 0 Å². The molecule has 0 aliphatic rings. The van der Waals surface area contributed by atoms with Crippen LogP contribution in [0.25, 0.3) is 0 Å². The van der Waals surface area contributed by atoms with E-state index in [0.717, 1.165) is 6.42 Å². The average molecular weight is 229 g/mol. The Morgan fingerprint density at radius 3 is 2.47 bits per heavy atom. The first-order valence-corrected chi connectivity index (χ1v) is 6.12. The van der Waals surface area contributed by atoms with Crippen LogP contribution in [0.4, 0.5) is 0 Å². The van der Waals surface area contributed by atoms with Crippen LogP contribution in [0.5, 0.6) is 0 Å². The summed E-state index contributed by atoms with van der Waals surface area (Å²) in [6.45, 7) is 10.5. The number of benzene rings is 1. The zero-order chi connectivity index (χ0) is 13.1. The summed E-state index contributed by atoms with van der Waals surface area (Å²) >= 11 is 0. The molecule has 2 N–H and O–H groups in total. The highest BCUT2D eigenvalue weighted by Gasteiger charge is 2.08. The zero-order valence-electron chi connectivity index (χ0n) is 11.6. The molecule has 1 unspecified atom stereocenters. The fourth-order valence-electron chi connectivity index (χ4n) is 1.70. The van der Waals surface area contributed by atoms with Crippen molar-refractivity contribution in [2.24, 2.45) is 11.1 Å². The van der Waals surface area contributed by atoms with E-state index in [1.165, 1.54) is 16.7 Å². The van der Waals surface area contributed by atoms with Crippen molar-refractivity contribution >= 4 is 0 Å². The van der Waals surface area contributed by atoms with Gasteiger partial charge in [0.05, 0.1) is 0 Å². The van der Waals surface area contributed by atoms with Gasteiger partial charge in [0.2, 0.25) is 0 Å². The normalized spacial score (nSPS) is 12.8. The summed E-state index contributed by atoms with van der Waals surface area (Å²) in [5, 5.41) is 0. The summed E-state index contributed by atoms with van der Waals surface area (Å²) in [7, 11) is 0. The molecule has 92 valence electrons. The second-order valence-corrected chi connectivity index (χ2v) is 5.72. The molecule has 0 aliphatic heterocycles. The van der Waals surface area contributed by atoms with E-state index in [1.54, 1.807) is 0 Å². The summed E-state index contributed by atoms with van der Waals surface area (Å²) in [5.74, 6) is 6.42. The number of hydrogen-bond acceptors (Lipinski definition) is 1.